The maximum Gasteiger partial charge on any atom is 0.0168 e. The fourth-order valence-corrected chi connectivity index (χ4v) is 3.80. The van der Waals surface area contributed by atoms with E-state index in [9.17, 15) is 0 Å². The van der Waals surface area contributed by atoms with Gasteiger partial charge in [-0.3, -0.25) is 0 Å². The van der Waals surface area contributed by atoms with Crippen molar-refractivity contribution in [3.63, 3.8) is 0 Å². The van der Waals surface area contributed by atoms with E-state index in [1.54, 1.807) is 0 Å². The molecule has 1 N–H and O–H groups in total. The first-order valence-electron chi connectivity index (χ1n) is 5.70. The Labute approximate surface area is 86.0 Å². The second-order valence-corrected chi connectivity index (χ2v) is 5.71. The van der Waals surface area contributed by atoms with Crippen LogP contribution in [0.4, 0.5) is 0 Å². The molecule has 1 aliphatic heterocycles. The number of nitrogens with one attached hydrogen (secondary N) is 1. The van der Waals surface area contributed by atoms with Crippen LogP contribution in [0.2, 0.25) is 0 Å². The Morgan fingerprint density at radius 3 is 2.62 bits per heavy atom. The SMILES string of the molecule is C[C@@H](NC1CCSC1)C1CCCC1. The molecule has 0 amide bonds. The fourth-order valence-electron chi connectivity index (χ4n) is 2.63. The first-order chi connectivity index (χ1) is 6.36. The van der Waals surface area contributed by atoms with Crippen molar-refractivity contribution in [2.75, 3.05) is 11.5 Å². The van der Waals surface area contributed by atoms with Gasteiger partial charge in [0.1, 0.15) is 0 Å². The van der Waals surface area contributed by atoms with Gasteiger partial charge in [0.15, 0.2) is 0 Å². The van der Waals surface area contributed by atoms with Crippen molar-refractivity contribution in [1.82, 2.24) is 5.32 Å². The molecule has 0 bridgehead atoms. The average Bonchev–Trinajstić information content (AvgIpc) is 2.74. The Hall–Kier alpha value is 0.310. The van der Waals surface area contributed by atoms with Gasteiger partial charge in [0.05, 0.1) is 0 Å². The van der Waals surface area contributed by atoms with Crippen LogP contribution in [0, 0.1) is 5.92 Å². The summed E-state index contributed by atoms with van der Waals surface area (Å²) in [6, 6.07) is 1.59. The summed E-state index contributed by atoms with van der Waals surface area (Å²) in [7, 11) is 0. The predicted octanol–water partition coefficient (Wildman–Crippen LogP) is 2.66. The molecule has 1 saturated carbocycles. The Balaban J connectivity index is 1.73. The summed E-state index contributed by atoms with van der Waals surface area (Å²) >= 11 is 2.10. The molecule has 1 nitrogen and oxygen atoms in total. The minimum Gasteiger partial charge on any atom is -0.310 e. The van der Waals surface area contributed by atoms with E-state index in [0.29, 0.717) is 0 Å². The molecule has 2 rings (SSSR count). The summed E-state index contributed by atoms with van der Waals surface area (Å²) in [5.74, 6) is 3.69. The second kappa shape index (κ2) is 4.70. The topological polar surface area (TPSA) is 12.0 Å². The summed E-state index contributed by atoms with van der Waals surface area (Å²) in [6.07, 6.45) is 7.26. The minimum atomic E-state index is 0.770. The molecule has 1 aliphatic carbocycles. The summed E-state index contributed by atoms with van der Waals surface area (Å²) in [6.45, 7) is 2.39. The van der Waals surface area contributed by atoms with Gasteiger partial charge in [-0.1, -0.05) is 12.8 Å². The highest BCUT2D eigenvalue weighted by atomic mass is 32.2. The van der Waals surface area contributed by atoms with Crippen molar-refractivity contribution in [3.8, 4) is 0 Å². The standard InChI is InChI=1S/C11H21NS/c1-9(10-4-2-3-5-10)12-11-6-7-13-8-11/h9-12H,2-8H2,1H3/t9-,11?/m1/s1. The maximum atomic E-state index is 3.80. The van der Waals surface area contributed by atoms with Crippen molar-refractivity contribution in [3.05, 3.63) is 0 Å². The molecule has 13 heavy (non-hydrogen) atoms. The fraction of sp³-hybridized carbons (Fsp3) is 1.00. The summed E-state index contributed by atoms with van der Waals surface area (Å²) in [5.41, 5.74) is 0. The molecule has 2 fully saturated rings. The third-order valence-electron chi connectivity index (χ3n) is 3.54. The highest BCUT2D eigenvalue weighted by Gasteiger charge is 2.24. The van der Waals surface area contributed by atoms with Gasteiger partial charge in [-0.25, -0.2) is 0 Å². The van der Waals surface area contributed by atoms with Crippen LogP contribution in [0.15, 0.2) is 0 Å². The van der Waals surface area contributed by atoms with Crippen molar-refractivity contribution in [2.45, 2.75) is 51.1 Å². The van der Waals surface area contributed by atoms with E-state index in [0.717, 1.165) is 18.0 Å². The molecule has 1 heterocycles. The molecule has 1 unspecified atom stereocenters. The zero-order chi connectivity index (χ0) is 9.10. The molecule has 2 aliphatic rings. The lowest BCUT2D eigenvalue weighted by atomic mass is 9.99. The second-order valence-electron chi connectivity index (χ2n) is 4.56. The van der Waals surface area contributed by atoms with Gasteiger partial charge in [0.2, 0.25) is 0 Å². The molecule has 2 atom stereocenters. The summed E-state index contributed by atoms with van der Waals surface area (Å²) in [4.78, 5) is 0. The molecule has 0 aromatic carbocycles. The molecular formula is C11H21NS. The Morgan fingerprint density at radius 2 is 2.00 bits per heavy atom. The molecule has 2 heteroatoms. The van der Waals surface area contributed by atoms with E-state index in [4.69, 9.17) is 0 Å². The van der Waals surface area contributed by atoms with Crippen molar-refractivity contribution >= 4 is 11.8 Å². The highest BCUT2D eigenvalue weighted by molar-refractivity contribution is 7.99. The van der Waals surface area contributed by atoms with E-state index < -0.39 is 0 Å². The molecule has 0 aromatic heterocycles. The van der Waals surface area contributed by atoms with Crippen LogP contribution in [0.5, 0.6) is 0 Å². The van der Waals surface area contributed by atoms with Crippen LogP contribution in [0.1, 0.15) is 39.0 Å². The first kappa shape index (κ1) is 9.85. The van der Waals surface area contributed by atoms with Crippen molar-refractivity contribution < 1.29 is 0 Å². The molecule has 0 aromatic rings. The lowest BCUT2D eigenvalue weighted by molar-refractivity contribution is 0.352. The largest absolute Gasteiger partial charge is 0.310 e. The quantitative estimate of drug-likeness (QED) is 0.750. The van der Waals surface area contributed by atoms with Crippen LogP contribution >= 0.6 is 11.8 Å². The van der Waals surface area contributed by atoms with Crippen LogP contribution < -0.4 is 5.32 Å². The number of thioether (sulfide) groups is 1. The number of hydrogen-bond donors (Lipinski definition) is 1. The molecule has 1 saturated heterocycles. The zero-order valence-corrected chi connectivity index (χ0v) is 9.41. The van der Waals surface area contributed by atoms with E-state index >= 15 is 0 Å². The van der Waals surface area contributed by atoms with Gasteiger partial charge in [-0.05, 0) is 37.9 Å². The Kier molecular flexibility index (Phi) is 3.56. The van der Waals surface area contributed by atoms with Crippen LogP contribution in [-0.2, 0) is 0 Å². The number of rotatable bonds is 3. The van der Waals surface area contributed by atoms with E-state index in [-0.39, 0.29) is 0 Å². The third kappa shape index (κ3) is 2.63. The van der Waals surface area contributed by atoms with Gasteiger partial charge in [-0.15, -0.1) is 0 Å². The minimum absolute atomic E-state index is 0.770. The molecule has 0 spiro atoms. The van der Waals surface area contributed by atoms with Crippen molar-refractivity contribution in [1.29, 1.82) is 0 Å². The molecule has 0 radical (unpaired) electrons. The lowest BCUT2D eigenvalue weighted by Crippen LogP contribution is -2.40. The Morgan fingerprint density at radius 1 is 1.23 bits per heavy atom. The monoisotopic (exact) mass is 199 g/mol. The Bertz CT molecular complexity index is 148. The molecule has 76 valence electrons. The molecular weight excluding hydrogens is 178 g/mol. The maximum absolute atomic E-state index is 3.80. The predicted molar refractivity (Wildman–Crippen MR) is 60.3 cm³/mol. The summed E-state index contributed by atoms with van der Waals surface area (Å²) in [5, 5.41) is 3.80. The van der Waals surface area contributed by atoms with E-state index in [1.165, 1.54) is 43.6 Å². The van der Waals surface area contributed by atoms with Gasteiger partial charge in [0.25, 0.3) is 0 Å². The number of hydrogen-bond acceptors (Lipinski definition) is 2. The van der Waals surface area contributed by atoms with Gasteiger partial charge in [0, 0.05) is 17.8 Å². The smallest absolute Gasteiger partial charge is 0.0168 e. The lowest BCUT2D eigenvalue weighted by Gasteiger charge is -2.24. The van der Waals surface area contributed by atoms with Gasteiger partial charge >= 0.3 is 0 Å². The summed E-state index contributed by atoms with van der Waals surface area (Å²) < 4.78 is 0. The van der Waals surface area contributed by atoms with Crippen LogP contribution in [0.3, 0.4) is 0 Å². The third-order valence-corrected chi connectivity index (χ3v) is 4.70. The van der Waals surface area contributed by atoms with Gasteiger partial charge < -0.3 is 5.32 Å². The normalized spacial score (nSPS) is 32.5. The van der Waals surface area contributed by atoms with Crippen molar-refractivity contribution in [2.24, 2.45) is 5.92 Å². The van der Waals surface area contributed by atoms with E-state index in [1.807, 2.05) is 0 Å². The average molecular weight is 199 g/mol. The van der Waals surface area contributed by atoms with Crippen LogP contribution in [-0.4, -0.2) is 23.6 Å². The van der Waals surface area contributed by atoms with Crippen LogP contribution in [0.25, 0.3) is 0 Å². The first-order valence-corrected chi connectivity index (χ1v) is 6.85. The highest BCUT2D eigenvalue weighted by Crippen LogP contribution is 2.28. The van der Waals surface area contributed by atoms with Gasteiger partial charge in [-0.2, -0.15) is 11.8 Å². The zero-order valence-electron chi connectivity index (χ0n) is 8.59. The van der Waals surface area contributed by atoms with E-state index in [2.05, 4.69) is 24.0 Å².